The van der Waals surface area contributed by atoms with Gasteiger partial charge in [0.1, 0.15) is 28.1 Å². The van der Waals surface area contributed by atoms with Crippen LogP contribution in [0.15, 0.2) is 27.1 Å². The van der Waals surface area contributed by atoms with Crippen LogP contribution in [0.2, 0.25) is 0 Å². The number of benzene rings is 1. The molecule has 31 heavy (non-hydrogen) atoms. The zero-order valence-corrected chi connectivity index (χ0v) is 19.8. The van der Waals surface area contributed by atoms with E-state index in [1.165, 1.54) is 0 Å². The monoisotopic (exact) mass is 445 g/mol. The van der Waals surface area contributed by atoms with Crippen LogP contribution in [0.1, 0.15) is 58.6 Å². The van der Waals surface area contributed by atoms with Gasteiger partial charge in [0, 0.05) is 11.1 Å². The third kappa shape index (κ3) is 4.46. The fourth-order valence-electron chi connectivity index (χ4n) is 3.10. The van der Waals surface area contributed by atoms with E-state index >= 15 is 0 Å². The van der Waals surface area contributed by atoms with Gasteiger partial charge in [-0.15, -0.1) is 0 Å². The van der Waals surface area contributed by atoms with Gasteiger partial charge in [0.2, 0.25) is 0 Å². The highest BCUT2D eigenvalue weighted by Crippen LogP contribution is 2.36. The van der Waals surface area contributed by atoms with E-state index in [2.05, 4.69) is 9.55 Å². The van der Waals surface area contributed by atoms with Crippen molar-refractivity contribution in [1.29, 1.82) is 0 Å². The molecule has 0 radical (unpaired) electrons. The molecule has 8 nitrogen and oxygen atoms in total. The molecule has 0 spiro atoms. The van der Waals surface area contributed by atoms with E-state index in [9.17, 15) is 13.8 Å². The summed E-state index contributed by atoms with van der Waals surface area (Å²) in [5.74, 6) is -0.0414. The molecule has 0 aliphatic carbocycles. The summed E-state index contributed by atoms with van der Waals surface area (Å²) in [4.78, 5) is 27.0. The maximum Gasteiger partial charge on any atom is 0.422 e. The van der Waals surface area contributed by atoms with Gasteiger partial charge in [-0.2, -0.15) is 4.40 Å². The minimum absolute atomic E-state index is 0.0391. The van der Waals surface area contributed by atoms with Crippen molar-refractivity contribution < 1.29 is 23.1 Å². The third-order valence-corrected chi connectivity index (χ3v) is 5.89. The molecule has 3 rings (SSSR count). The van der Waals surface area contributed by atoms with Crippen molar-refractivity contribution in [2.45, 2.75) is 65.7 Å². The van der Waals surface area contributed by atoms with Crippen LogP contribution in [-0.2, 0) is 20.5 Å². The number of nitrogens with zero attached hydrogens (tertiary/aromatic N) is 3. The van der Waals surface area contributed by atoms with Crippen molar-refractivity contribution in [3.05, 3.63) is 35.2 Å². The normalized spacial score (nSPS) is 16.6. The number of amides is 2. The minimum Gasteiger partial charge on any atom is -0.443 e. The number of ether oxygens (including phenoxy) is 1. The first-order valence-electron chi connectivity index (χ1n) is 9.86. The van der Waals surface area contributed by atoms with E-state index in [4.69, 9.17) is 9.26 Å². The first-order valence-corrected chi connectivity index (χ1v) is 11.0. The first kappa shape index (κ1) is 22.9. The zero-order valence-electron chi connectivity index (χ0n) is 19.0. The smallest absolute Gasteiger partial charge is 0.422 e. The van der Waals surface area contributed by atoms with Gasteiger partial charge in [0.25, 0.3) is 5.91 Å². The maximum absolute atomic E-state index is 13.2. The van der Waals surface area contributed by atoms with Crippen molar-refractivity contribution >= 4 is 34.4 Å². The molecule has 166 valence electrons. The lowest BCUT2D eigenvalue weighted by Gasteiger charge is -2.23. The molecule has 1 aromatic carbocycles. The Morgan fingerprint density at radius 2 is 1.81 bits per heavy atom. The highest BCUT2D eigenvalue weighted by atomic mass is 32.2. The summed E-state index contributed by atoms with van der Waals surface area (Å²) in [6.45, 7) is 14.1. The molecule has 1 aromatic heterocycles. The molecule has 2 aromatic rings. The Kier molecular flexibility index (Phi) is 5.69. The molecule has 0 fully saturated rings. The van der Waals surface area contributed by atoms with Crippen LogP contribution in [0.25, 0.3) is 11.1 Å². The Bertz CT molecular complexity index is 1100. The molecule has 1 aliphatic heterocycles. The highest BCUT2D eigenvalue weighted by Gasteiger charge is 2.41. The lowest BCUT2D eigenvalue weighted by atomic mass is 10.00. The summed E-state index contributed by atoms with van der Waals surface area (Å²) in [5.41, 5.74) is 2.16. The Morgan fingerprint density at radius 3 is 2.32 bits per heavy atom. The van der Waals surface area contributed by atoms with Gasteiger partial charge in [-0.3, -0.25) is 4.79 Å². The molecule has 0 N–H and O–H groups in total. The number of rotatable bonds is 2. The Morgan fingerprint density at radius 1 is 1.16 bits per heavy atom. The van der Waals surface area contributed by atoms with Gasteiger partial charge in [0.15, 0.2) is 0 Å². The topological polar surface area (TPSA) is 102 Å². The van der Waals surface area contributed by atoms with Crippen LogP contribution in [0.4, 0.5) is 10.5 Å². The summed E-state index contributed by atoms with van der Waals surface area (Å²) in [6.07, 6.45) is -0.810. The lowest BCUT2D eigenvalue weighted by molar-refractivity contribution is -0.112. The van der Waals surface area contributed by atoms with E-state index in [1.807, 2.05) is 6.92 Å². The number of aryl methyl sites for hydroxylation is 2. The molecule has 1 atom stereocenters. The quantitative estimate of drug-likeness (QED) is 0.675. The average molecular weight is 446 g/mol. The van der Waals surface area contributed by atoms with Crippen molar-refractivity contribution in [3.63, 3.8) is 0 Å². The second-order valence-corrected chi connectivity index (χ2v) is 11.3. The molecule has 1 aliphatic rings. The van der Waals surface area contributed by atoms with Crippen molar-refractivity contribution in [3.8, 4) is 11.1 Å². The molecule has 0 unspecified atom stereocenters. The van der Waals surface area contributed by atoms with E-state index in [1.54, 1.807) is 66.7 Å². The standard InChI is InChI=1S/C22H27N3O5S/c1-12-17(13(2)30-23-12)14-9-10-16-15(11-14)18(24-31(28)22(6,7)8)19(26)25(16)20(27)29-21(3,4)5/h9-11H,1-8H3/t31-/m0/s1. The number of hydrogen-bond acceptors (Lipinski definition) is 6. The van der Waals surface area contributed by atoms with Crippen LogP contribution >= 0.6 is 0 Å². The number of fused-ring (bicyclic) bond motifs is 1. The molecule has 0 saturated carbocycles. The summed E-state index contributed by atoms with van der Waals surface area (Å²) in [5, 5.41) is 3.98. The predicted octanol–water partition coefficient (Wildman–Crippen LogP) is 4.49. The number of carbonyl (C=O) groups is 2. The molecule has 0 bridgehead atoms. The van der Waals surface area contributed by atoms with Gasteiger partial charge < -0.3 is 9.26 Å². The van der Waals surface area contributed by atoms with E-state index in [0.717, 1.165) is 16.0 Å². The second-order valence-electron chi connectivity index (χ2n) is 9.35. The van der Waals surface area contributed by atoms with Crippen LogP contribution in [-0.4, -0.2) is 37.4 Å². The molecular formula is C22H27N3O5S. The number of hydrogen-bond donors (Lipinski definition) is 0. The van der Waals surface area contributed by atoms with E-state index in [0.29, 0.717) is 22.7 Å². The largest absolute Gasteiger partial charge is 0.443 e. The van der Waals surface area contributed by atoms with Gasteiger partial charge in [-0.05, 0) is 73.1 Å². The molecular weight excluding hydrogens is 418 g/mol. The van der Waals surface area contributed by atoms with Crippen LogP contribution in [0.3, 0.4) is 0 Å². The van der Waals surface area contributed by atoms with Crippen molar-refractivity contribution in [1.82, 2.24) is 5.16 Å². The molecule has 2 amide bonds. The van der Waals surface area contributed by atoms with E-state index < -0.39 is 33.3 Å². The van der Waals surface area contributed by atoms with Gasteiger partial charge >= 0.3 is 6.09 Å². The number of carbonyl (C=O) groups excluding carboxylic acids is 2. The Balaban J connectivity index is 2.19. The second kappa shape index (κ2) is 7.71. The molecule has 2 heterocycles. The fourth-order valence-corrected chi connectivity index (χ4v) is 3.71. The average Bonchev–Trinajstić information content (AvgIpc) is 3.09. The fraction of sp³-hybridized carbons (Fsp3) is 0.455. The lowest BCUT2D eigenvalue weighted by Crippen LogP contribution is -2.40. The van der Waals surface area contributed by atoms with E-state index in [-0.39, 0.29) is 5.71 Å². The third-order valence-electron chi connectivity index (χ3n) is 4.49. The Hall–Kier alpha value is -2.81. The summed E-state index contributed by atoms with van der Waals surface area (Å²) in [7, 11) is -1.70. The van der Waals surface area contributed by atoms with Crippen molar-refractivity contribution in [2.24, 2.45) is 4.40 Å². The Labute approximate surface area is 184 Å². The zero-order chi connectivity index (χ0) is 23.3. The molecule has 0 saturated heterocycles. The van der Waals surface area contributed by atoms with Crippen LogP contribution < -0.4 is 4.90 Å². The van der Waals surface area contributed by atoms with Gasteiger partial charge in [-0.1, -0.05) is 11.2 Å². The maximum atomic E-state index is 13.2. The summed E-state index contributed by atoms with van der Waals surface area (Å²) >= 11 is 0. The molecule has 9 heteroatoms. The van der Waals surface area contributed by atoms with Crippen LogP contribution in [0, 0.1) is 13.8 Å². The highest BCUT2D eigenvalue weighted by molar-refractivity contribution is 7.85. The van der Waals surface area contributed by atoms with Crippen molar-refractivity contribution in [2.75, 3.05) is 4.90 Å². The van der Waals surface area contributed by atoms with Crippen LogP contribution in [0.5, 0.6) is 0 Å². The van der Waals surface area contributed by atoms with Gasteiger partial charge in [-0.25, -0.2) is 13.9 Å². The first-order chi connectivity index (χ1) is 14.2. The minimum atomic E-state index is -1.70. The van der Waals surface area contributed by atoms with Gasteiger partial charge in [0.05, 0.1) is 16.1 Å². The SMILES string of the molecule is Cc1noc(C)c1-c1ccc2c(c1)C(=N[S@@](=O)C(C)(C)C)C(=O)N2C(=O)OC(C)(C)C. The number of anilines is 1. The summed E-state index contributed by atoms with van der Waals surface area (Å²) < 4.78 is 26.9. The number of aromatic nitrogens is 1. The number of imide groups is 1. The summed E-state index contributed by atoms with van der Waals surface area (Å²) in [6, 6.07) is 5.17. The predicted molar refractivity (Wildman–Crippen MR) is 120 cm³/mol.